The minimum atomic E-state index is -0.493. The molecule has 10 atom stereocenters. The van der Waals surface area contributed by atoms with Crippen LogP contribution in [0.2, 0.25) is 0 Å². The van der Waals surface area contributed by atoms with E-state index in [0.29, 0.717) is 35.9 Å². The second-order valence-corrected chi connectivity index (χ2v) is 13.4. The lowest BCUT2D eigenvalue weighted by molar-refractivity contribution is -0.149. The molecule has 0 aromatic carbocycles. The maximum Gasteiger partial charge on any atom is 0.168 e. The molecule has 4 aliphatic carbocycles. The summed E-state index contributed by atoms with van der Waals surface area (Å²) in [5.41, 5.74) is -0.370. The lowest BCUT2D eigenvalue weighted by atomic mass is 9.44. The number of fused-ring (bicyclic) bond motifs is 2. The van der Waals surface area contributed by atoms with Crippen LogP contribution in [0, 0.1) is 46.3 Å². The fourth-order valence-electron chi connectivity index (χ4n) is 9.47. The van der Waals surface area contributed by atoms with Crippen LogP contribution in [0.25, 0.3) is 0 Å². The number of epoxide rings is 1. The van der Waals surface area contributed by atoms with E-state index >= 15 is 0 Å². The molecule has 0 bridgehead atoms. The van der Waals surface area contributed by atoms with Gasteiger partial charge in [0.2, 0.25) is 0 Å². The molecule has 4 saturated carbocycles. The number of hydrogen-bond donors (Lipinski definition) is 1. The van der Waals surface area contributed by atoms with E-state index in [1.54, 1.807) is 0 Å². The molecule has 1 saturated heterocycles. The summed E-state index contributed by atoms with van der Waals surface area (Å²) in [7, 11) is 0. The van der Waals surface area contributed by atoms with Gasteiger partial charge < -0.3 is 9.84 Å². The van der Waals surface area contributed by atoms with Crippen molar-refractivity contribution >= 4 is 5.78 Å². The van der Waals surface area contributed by atoms with Gasteiger partial charge in [-0.25, -0.2) is 0 Å². The number of Topliss-reactive ketones (excluding diaryl/α,β-unsaturated/α-hetero) is 1. The van der Waals surface area contributed by atoms with Crippen LogP contribution in [0.3, 0.4) is 0 Å². The molecule has 0 aromatic rings. The molecule has 1 N–H and O–H groups in total. The Labute approximate surface area is 190 Å². The summed E-state index contributed by atoms with van der Waals surface area (Å²) in [5, 5.41) is 10.3. The first-order chi connectivity index (χ1) is 14.5. The van der Waals surface area contributed by atoms with E-state index in [1.807, 2.05) is 0 Å². The number of hydrogen-bond acceptors (Lipinski definition) is 3. The van der Waals surface area contributed by atoms with E-state index in [-0.39, 0.29) is 22.5 Å². The number of carbonyl (C=O) groups excluding carboxylic acids is 1. The molecule has 3 heteroatoms. The van der Waals surface area contributed by atoms with Crippen molar-refractivity contribution in [2.75, 3.05) is 0 Å². The fraction of sp³-hybridized carbons (Fsp3) is 0.964. The highest BCUT2D eigenvalue weighted by molar-refractivity contribution is 5.94. The number of ether oxygens (including phenoxy) is 1. The van der Waals surface area contributed by atoms with Gasteiger partial charge in [0.05, 0.1) is 6.10 Å². The average Bonchev–Trinajstić information content (AvgIpc) is 3.31. The van der Waals surface area contributed by atoms with Gasteiger partial charge in [0.25, 0.3) is 0 Å². The van der Waals surface area contributed by atoms with E-state index in [9.17, 15) is 9.90 Å². The van der Waals surface area contributed by atoms with E-state index in [4.69, 9.17) is 4.74 Å². The molecular weight excluding hydrogens is 384 g/mol. The van der Waals surface area contributed by atoms with Gasteiger partial charge in [-0.3, -0.25) is 4.79 Å². The summed E-state index contributed by atoms with van der Waals surface area (Å²) < 4.78 is 6.87. The number of ketones is 1. The Morgan fingerprint density at radius 1 is 1.03 bits per heavy atom. The summed E-state index contributed by atoms with van der Waals surface area (Å²) >= 11 is 0. The third kappa shape index (κ3) is 2.74. The highest BCUT2D eigenvalue weighted by atomic mass is 16.6. The van der Waals surface area contributed by atoms with Crippen LogP contribution in [0.5, 0.6) is 0 Å². The first kappa shape index (κ1) is 22.4. The lowest BCUT2D eigenvalue weighted by Gasteiger charge is -2.57. The minimum Gasteiger partial charge on any atom is -0.393 e. The quantitative estimate of drug-likeness (QED) is 0.531. The van der Waals surface area contributed by atoms with Crippen molar-refractivity contribution < 1.29 is 14.6 Å². The number of rotatable bonds is 5. The van der Waals surface area contributed by atoms with Gasteiger partial charge in [-0.2, -0.15) is 0 Å². The molecule has 176 valence electrons. The second-order valence-electron chi connectivity index (χ2n) is 13.4. The number of aliphatic hydroxyl groups is 1. The summed E-state index contributed by atoms with van der Waals surface area (Å²) in [6.45, 7) is 14.5. The first-order valence-electron chi connectivity index (χ1n) is 13.4. The Hall–Kier alpha value is -0.410. The molecule has 5 rings (SSSR count). The minimum absolute atomic E-state index is 0.150. The summed E-state index contributed by atoms with van der Waals surface area (Å²) in [4.78, 5) is 13.7. The van der Waals surface area contributed by atoms with Crippen LogP contribution in [-0.4, -0.2) is 28.2 Å². The van der Waals surface area contributed by atoms with Crippen LogP contribution in [0.4, 0.5) is 0 Å². The summed E-state index contributed by atoms with van der Waals surface area (Å²) in [5.74, 6) is 4.02. The maximum atomic E-state index is 13.7. The maximum absolute atomic E-state index is 13.7. The molecule has 1 heterocycles. The van der Waals surface area contributed by atoms with Gasteiger partial charge in [0.1, 0.15) is 5.60 Å². The smallest absolute Gasteiger partial charge is 0.168 e. The van der Waals surface area contributed by atoms with Crippen LogP contribution >= 0.6 is 0 Å². The Bertz CT molecular complexity index is 747. The molecule has 0 aromatic heterocycles. The molecule has 5 fully saturated rings. The van der Waals surface area contributed by atoms with Crippen LogP contribution in [0.1, 0.15) is 106 Å². The predicted octanol–water partition coefficient (Wildman–Crippen LogP) is 6.17. The van der Waals surface area contributed by atoms with Crippen molar-refractivity contribution in [3.05, 3.63) is 0 Å². The normalized spacial score (nSPS) is 52.7. The van der Waals surface area contributed by atoms with Crippen molar-refractivity contribution in [2.24, 2.45) is 46.3 Å². The zero-order chi connectivity index (χ0) is 22.4. The van der Waals surface area contributed by atoms with Crippen molar-refractivity contribution in [3.63, 3.8) is 0 Å². The molecule has 1 aliphatic heterocycles. The molecule has 31 heavy (non-hydrogen) atoms. The molecule has 5 aliphatic rings. The number of carbonyl (C=O) groups is 1. The van der Waals surface area contributed by atoms with E-state index in [2.05, 4.69) is 41.5 Å². The Morgan fingerprint density at radius 3 is 2.48 bits per heavy atom. The zero-order valence-electron chi connectivity index (χ0n) is 20.9. The topological polar surface area (TPSA) is 49.8 Å². The summed E-state index contributed by atoms with van der Waals surface area (Å²) in [6.07, 6.45) is 10.5. The van der Waals surface area contributed by atoms with Gasteiger partial charge in [-0.15, -0.1) is 0 Å². The van der Waals surface area contributed by atoms with Crippen LogP contribution in [-0.2, 0) is 9.53 Å². The van der Waals surface area contributed by atoms with Crippen LogP contribution < -0.4 is 0 Å². The van der Waals surface area contributed by atoms with E-state index in [1.165, 1.54) is 25.7 Å². The summed E-state index contributed by atoms with van der Waals surface area (Å²) in [6, 6.07) is 0. The van der Waals surface area contributed by atoms with Crippen molar-refractivity contribution in [1.29, 1.82) is 0 Å². The third-order valence-electron chi connectivity index (χ3n) is 11.9. The van der Waals surface area contributed by atoms with Crippen LogP contribution in [0.15, 0.2) is 0 Å². The van der Waals surface area contributed by atoms with Crippen molar-refractivity contribution in [3.8, 4) is 0 Å². The average molecular weight is 431 g/mol. The van der Waals surface area contributed by atoms with Gasteiger partial charge in [-0.1, -0.05) is 54.4 Å². The zero-order valence-corrected chi connectivity index (χ0v) is 20.9. The van der Waals surface area contributed by atoms with E-state index < -0.39 is 5.60 Å². The molecule has 2 spiro atoms. The Kier molecular flexibility index (Phi) is 5.09. The van der Waals surface area contributed by atoms with Gasteiger partial charge in [0.15, 0.2) is 11.4 Å². The second kappa shape index (κ2) is 7.05. The fourth-order valence-corrected chi connectivity index (χ4v) is 9.47. The lowest BCUT2D eigenvalue weighted by Crippen LogP contribution is -2.62. The molecule has 3 nitrogen and oxygen atoms in total. The standard InChI is InChI=1S/C28H46O3/c1-17(2)18(3)7-8-19(4)22-10-14-27-26(22,6)13-11-23-25(5)12-9-21(29)15-20(25)16-24(30)28(23,27)31-27/h17-23,29H,7-16H2,1-6H3/t18-,19+,20?,21-,22+,23+,25-,26+,27-,28-/m0/s1. The molecular formula is C28H46O3. The molecule has 0 amide bonds. The number of aliphatic hydroxyl groups excluding tert-OH is 1. The molecule has 1 unspecified atom stereocenters. The van der Waals surface area contributed by atoms with E-state index in [0.717, 1.165) is 43.9 Å². The predicted molar refractivity (Wildman–Crippen MR) is 124 cm³/mol. The third-order valence-corrected chi connectivity index (χ3v) is 11.9. The first-order valence-corrected chi connectivity index (χ1v) is 13.4. The SMILES string of the molecule is CC(C)[C@@H](C)CC[C@@H](C)[C@H]1CC[C@@]23O[C@@]24C(=O)CC2C[C@@H](O)CC[C@]2(C)[C@H]4CC[C@]13C. The largest absolute Gasteiger partial charge is 0.393 e. The van der Waals surface area contributed by atoms with Crippen molar-refractivity contribution in [1.82, 2.24) is 0 Å². The Balaban J connectivity index is 1.40. The highest BCUT2D eigenvalue weighted by Crippen LogP contribution is 2.80. The van der Waals surface area contributed by atoms with Gasteiger partial charge >= 0.3 is 0 Å². The van der Waals surface area contributed by atoms with Gasteiger partial charge in [0, 0.05) is 17.8 Å². The van der Waals surface area contributed by atoms with Gasteiger partial charge in [-0.05, 0) is 80.0 Å². The Morgan fingerprint density at radius 2 is 1.77 bits per heavy atom. The highest BCUT2D eigenvalue weighted by Gasteiger charge is 2.89. The molecule has 0 radical (unpaired) electrons. The van der Waals surface area contributed by atoms with Crippen molar-refractivity contribution in [2.45, 2.75) is 123 Å². The monoisotopic (exact) mass is 430 g/mol.